The van der Waals surface area contributed by atoms with Gasteiger partial charge in [0.05, 0.1) is 18.1 Å². The Kier molecular flexibility index (Phi) is 6.78. The van der Waals surface area contributed by atoms with E-state index in [1.54, 1.807) is 24.3 Å². The van der Waals surface area contributed by atoms with Crippen molar-refractivity contribution >= 4 is 45.2 Å². The van der Waals surface area contributed by atoms with E-state index >= 15 is 0 Å². The van der Waals surface area contributed by atoms with Gasteiger partial charge in [0.2, 0.25) is 5.91 Å². The molecule has 2 aromatic carbocycles. The van der Waals surface area contributed by atoms with Crippen LogP contribution < -0.4 is 10.2 Å². The first-order valence-electron chi connectivity index (χ1n) is 9.82. The van der Waals surface area contributed by atoms with Gasteiger partial charge in [-0.15, -0.1) is 0 Å². The lowest BCUT2D eigenvalue weighted by Gasteiger charge is -2.18. The van der Waals surface area contributed by atoms with E-state index in [9.17, 15) is 14.9 Å². The van der Waals surface area contributed by atoms with E-state index in [0.29, 0.717) is 22.9 Å². The van der Waals surface area contributed by atoms with Crippen LogP contribution in [0.25, 0.3) is 0 Å². The number of hydrogen-bond donors (Lipinski definition) is 1. The first kappa shape index (κ1) is 21.9. The van der Waals surface area contributed by atoms with Crippen LogP contribution in [0.4, 0.5) is 5.69 Å². The molecule has 1 fully saturated rings. The van der Waals surface area contributed by atoms with Gasteiger partial charge < -0.3 is 9.73 Å². The lowest BCUT2D eigenvalue weighted by atomic mass is 10.1. The van der Waals surface area contributed by atoms with Crippen molar-refractivity contribution in [3.05, 3.63) is 99.4 Å². The molecule has 3 aromatic rings. The number of halogens is 1. The van der Waals surface area contributed by atoms with Gasteiger partial charge in [-0.05, 0) is 48.4 Å². The molecule has 8 heteroatoms. The molecule has 6 nitrogen and oxygen atoms in total. The van der Waals surface area contributed by atoms with Crippen LogP contribution >= 0.6 is 27.7 Å². The Hall–Kier alpha value is -3.28. The van der Waals surface area contributed by atoms with E-state index in [0.717, 1.165) is 10.0 Å². The van der Waals surface area contributed by atoms with E-state index in [4.69, 9.17) is 4.42 Å². The molecule has 0 aliphatic carbocycles. The maximum atomic E-state index is 13.4. The molecule has 1 atom stereocenters. The van der Waals surface area contributed by atoms with Gasteiger partial charge >= 0.3 is 0 Å². The SMILES string of the molecule is N#C/C(C(=O)NCc1ccco1)=C1/SC(Cc2ccccc2)C(=O)N1c1ccc(Br)cc1. The maximum absolute atomic E-state index is 13.4. The molecule has 0 saturated carbocycles. The number of nitrogens with zero attached hydrogens (tertiary/aromatic N) is 2. The molecule has 0 radical (unpaired) electrons. The predicted molar refractivity (Wildman–Crippen MR) is 126 cm³/mol. The Balaban J connectivity index is 1.67. The number of carbonyl (C=O) groups excluding carboxylic acids is 2. The summed E-state index contributed by atoms with van der Waals surface area (Å²) in [7, 11) is 0. The van der Waals surface area contributed by atoms with Crippen LogP contribution in [-0.4, -0.2) is 17.1 Å². The summed E-state index contributed by atoms with van der Waals surface area (Å²) in [5.41, 5.74) is 1.51. The van der Waals surface area contributed by atoms with Crippen molar-refractivity contribution in [2.45, 2.75) is 18.2 Å². The van der Waals surface area contributed by atoms with Gasteiger partial charge in [-0.25, -0.2) is 0 Å². The third-order valence-corrected chi connectivity index (χ3v) is 6.65. The highest BCUT2D eigenvalue weighted by atomic mass is 79.9. The second-order valence-corrected chi connectivity index (χ2v) is 9.11. The molecule has 4 rings (SSSR count). The Morgan fingerprint density at radius 2 is 1.88 bits per heavy atom. The molecule has 1 saturated heterocycles. The number of carbonyl (C=O) groups is 2. The zero-order valence-corrected chi connectivity index (χ0v) is 19.2. The fourth-order valence-electron chi connectivity index (χ4n) is 3.31. The van der Waals surface area contributed by atoms with Gasteiger partial charge in [-0.2, -0.15) is 5.26 Å². The zero-order valence-electron chi connectivity index (χ0n) is 16.8. The maximum Gasteiger partial charge on any atom is 0.265 e. The Bertz CT molecular complexity index is 1190. The van der Waals surface area contributed by atoms with Gasteiger partial charge in [-0.3, -0.25) is 14.5 Å². The smallest absolute Gasteiger partial charge is 0.265 e. The molecule has 0 bridgehead atoms. The second kappa shape index (κ2) is 9.90. The average molecular weight is 508 g/mol. The lowest BCUT2D eigenvalue weighted by Crippen LogP contribution is -2.32. The lowest BCUT2D eigenvalue weighted by molar-refractivity contribution is -0.117. The molecule has 1 aliphatic rings. The normalized spacial score (nSPS) is 17.2. The third-order valence-electron chi connectivity index (χ3n) is 4.86. The van der Waals surface area contributed by atoms with E-state index in [2.05, 4.69) is 21.2 Å². The molecular weight excluding hydrogens is 490 g/mol. The number of thioether (sulfide) groups is 1. The zero-order chi connectivity index (χ0) is 22.5. The van der Waals surface area contributed by atoms with Gasteiger partial charge in [0.25, 0.3) is 5.91 Å². The van der Waals surface area contributed by atoms with Crippen LogP contribution in [0.5, 0.6) is 0 Å². The molecule has 1 unspecified atom stereocenters. The summed E-state index contributed by atoms with van der Waals surface area (Å²) >= 11 is 4.64. The first-order chi connectivity index (χ1) is 15.6. The van der Waals surface area contributed by atoms with Crippen molar-refractivity contribution in [1.29, 1.82) is 5.26 Å². The van der Waals surface area contributed by atoms with Crippen LogP contribution in [0.2, 0.25) is 0 Å². The summed E-state index contributed by atoms with van der Waals surface area (Å²) in [6.07, 6.45) is 2.01. The summed E-state index contributed by atoms with van der Waals surface area (Å²) in [6.45, 7) is 0.147. The largest absolute Gasteiger partial charge is 0.467 e. The highest BCUT2D eigenvalue weighted by molar-refractivity contribution is 9.10. The standard InChI is InChI=1S/C24H18BrN3O3S/c25-17-8-10-18(11-9-17)28-23(30)21(13-16-5-2-1-3-6-16)32-24(28)20(14-26)22(29)27-15-19-7-4-12-31-19/h1-12,21H,13,15H2,(H,27,29)/b24-20-. The minimum Gasteiger partial charge on any atom is -0.467 e. The predicted octanol–water partition coefficient (Wildman–Crippen LogP) is 4.78. The summed E-state index contributed by atoms with van der Waals surface area (Å²) in [4.78, 5) is 27.7. The van der Waals surface area contributed by atoms with Crippen LogP contribution in [0.3, 0.4) is 0 Å². The number of benzene rings is 2. The monoisotopic (exact) mass is 507 g/mol. The number of amides is 2. The summed E-state index contributed by atoms with van der Waals surface area (Å²) in [6, 6.07) is 22.3. The fourth-order valence-corrected chi connectivity index (χ4v) is 4.88. The van der Waals surface area contributed by atoms with E-state index in [1.165, 1.54) is 22.9 Å². The first-order valence-corrected chi connectivity index (χ1v) is 11.5. The number of hydrogen-bond acceptors (Lipinski definition) is 5. The summed E-state index contributed by atoms with van der Waals surface area (Å²) < 4.78 is 6.10. The summed E-state index contributed by atoms with van der Waals surface area (Å²) in [5.74, 6) is -0.146. The Labute approximate surface area is 198 Å². The molecule has 2 heterocycles. The molecule has 2 amide bonds. The van der Waals surface area contributed by atoms with Gasteiger partial charge in [0.1, 0.15) is 22.4 Å². The van der Waals surface area contributed by atoms with E-state index in [1.807, 2.05) is 48.5 Å². The topological polar surface area (TPSA) is 86.3 Å². The second-order valence-electron chi connectivity index (χ2n) is 7.00. The number of nitrogens with one attached hydrogen (secondary N) is 1. The minimum absolute atomic E-state index is 0.103. The van der Waals surface area contributed by atoms with Crippen molar-refractivity contribution < 1.29 is 14.0 Å². The highest BCUT2D eigenvalue weighted by Crippen LogP contribution is 2.42. The van der Waals surface area contributed by atoms with Crippen molar-refractivity contribution in [3.8, 4) is 6.07 Å². The number of nitriles is 1. The van der Waals surface area contributed by atoms with Gasteiger partial charge in [0.15, 0.2) is 0 Å². The minimum atomic E-state index is -0.554. The highest BCUT2D eigenvalue weighted by Gasteiger charge is 2.40. The van der Waals surface area contributed by atoms with Crippen LogP contribution in [0.1, 0.15) is 11.3 Å². The van der Waals surface area contributed by atoms with Gasteiger partial charge in [0, 0.05) is 10.2 Å². The average Bonchev–Trinajstić information content (AvgIpc) is 3.43. The molecule has 160 valence electrons. The third kappa shape index (κ3) is 4.79. The summed E-state index contributed by atoms with van der Waals surface area (Å²) in [5, 5.41) is 12.4. The molecule has 1 aliphatic heterocycles. The van der Waals surface area contributed by atoms with Crippen molar-refractivity contribution in [2.75, 3.05) is 4.90 Å². The van der Waals surface area contributed by atoms with Crippen LogP contribution in [0.15, 0.2) is 92.5 Å². The molecule has 32 heavy (non-hydrogen) atoms. The Morgan fingerprint density at radius 1 is 1.12 bits per heavy atom. The van der Waals surface area contributed by atoms with Crippen molar-refractivity contribution in [2.24, 2.45) is 0 Å². The van der Waals surface area contributed by atoms with Gasteiger partial charge in [-0.1, -0.05) is 58.0 Å². The van der Waals surface area contributed by atoms with Crippen LogP contribution in [-0.2, 0) is 22.6 Å². The number of rotatable bonds is 6. The van der Waals surface area contributed by atoms with E-state index < -0.39 is 11.2 Å². The molecule has 1 aromatic heterocycles. The quantitative estimate of drug-likeness (QED) is 0.383. The van der Waals surface area contributed by atoms with Crippen molar-refractivity contribution in [1.82, 2.24) is 5.32 Å². The van der Waals surface area contributed by atoms with E-state index in [-0.39, 0.29) is 18.0 Å². The van der Waals surface area contributed by atoms with Crippen molar-refractivity contribution in [3.63, 3.8) is 0 Å². The molecule has 0 spiro atoms. The molecular formula is C24H18BrN3O3S. The Morgan fingerprint density at radius 3 is 2.53 bits per heavy atom. The fraction of sp³-hybridized carbons (Fsp3) is 0.125. The number of anilines is 1. The van der Waals surface area contributed by atoms with Crippen LogP contribution in [0, 0.1) is 11.3 Å². The molecule has 1 N–H and O–H groups in total. The number of furan rings is 1.